The van der Waals surface area contributed by atoms with E-state index in [9.17, 15) is 0 Å². The average molecular weight is 724 g/mol. The first-order valence-corrected chi connectivity index (χ1v) is 13.8. The Morgan fingerprint density at radius 2 is 1.51 bits per heavy atom. The number of pyridine rings is 2. The second kappa shape index (κ2) is 11.7. The molecule has 0 atom stereocenters. The average Bonchev–Trinajstić information content (AvgIpc) is 2.91. The first kappa shape index (κ1) is 27.2. The van der Waals surface area contributed by atoms with Crippen molar-refractivity contribution in [3.63, 3.8) is 0 Å². The summed E-state index contributed by atoms with van der Waals surface area (Å²) in [5.74, 6) is 0. The van der Waals surface area contributed by atoms with E-state index >= 15 is 0 Å². The summed E-state index contributed by atoms with van der Waals surface area (Å²) < 4.78 is 2.95. The molecular weight excluding hydrogens is 696 g/mol. The molecule has 3 heterocycles. The van der Waals surface area contributed by atoms with Crippen molar-refractivity contribution in [1.29, 1.82) is 0 Å². The molecule has 3 aromatic carbocycles. The van der Waals surface area contributed by atoms with Gasteiger partial charge >= 0.3 is 137 Å². The van der Waals surface area contributed by atoms with Gasteiger partial charge in [0.2, 0.25) is 0 Å². The molecular formula is C33H28IrN2Se-2. The molecule has 0 saturated heterocycles. The summed E-state index contributed by atoms with van der Waals surface area (Å²) in [7, 11) is 0. The van der Waals surface area contributed by atoms with Crippen molar-refractivity contribution in [3.8, 4) is 22.5 Å². The Hall–Kier alpha value is -2.87. The number of aryl methyl sites for hydroxylation is 2. The van der Waals surface area contributed by atoms with E-state index in [1.165, 1.54) is 31.2 Å². The minimum absolute atomic E-state index is 0. The molecule has 0 bridgehead atoms. The van der Waals surface area contributed by atoms with E-state index in [0.29, 0.717) is 15.0 Å². The normalized spacial score (nSPS) is 12.8. The zero-order chi connectivity index (χ0) is 25.1. The van der Waals surface area contributed by atoms with Crippen LogP contribution in [0.4, 0.5) is 0 Å². The minimum atomic E-state index is -0.0173. The molecule has 1 radical (unpaired) electrons. The Balaban J connectivity index is 0.000000186. The van der Waals surface area contributed by atoms with Gasteiger partial charge in [0.15, 0.2) is 0 Å². The quantitative estimate of drug-likeness (QED) is 0.165. The summed E-state index contributed by atoms with van der Waals surface area (Å²) in [6.45, 7) is 8.81. The van der Waals surface area contributed by atoms with Gasteiger partial charge in [-0.2, -0.15) is 0 Å². The molecule has 187 valence electrons. The van der Waals surface area contributed by atoms with Crippen LogP contribution in [0.1, 0.15) is 36.1 Å². The number of nitrogens with zero attached hydrogens (tertiary/aromatic N) is 2. The maximum atomic E-state index is 4.55. The van der Waals surface area contributed by atoms with Crippen LogP contribution in [0.5, 0.6) is 0 Å². The first-order valence-electron chi connectivity index (χ1n) is 12.1. The second-order valence-corrected chi connectivity index (χ2v) is 11.7. The van der Waals surface area contributed by atoms with Crippen LogP contribution >= 0.6 is 0 Å². The fourth-order valence-corrected chi connectivity index (χ4v) is 7.51. The summed E-state index contributed by atoms with van der Waals surface area (Å²) in [6.07, 6.45) is 3.77. The predicted molar refractivity (Wildman–Crippen MR) is 150 cm³/mol. The molecule has 0 aliphatic carbocycles. The monoisotopic (exact) mass is 725 g/mol. The van der Waals surface area contributed by atoms with Crippen molar-refractivity contribution in [2.24, 2.45) is 0 Å². The van der Waals surface area contributed by atoms with Gasteiger partial charge in [-0.3, -0.25) is 0 Å². The van der Waals surface area contributed by atoms with Crippen LogP contribution in [-0.4, -0.2) is 24.9 Å². The van der Waals surface area contributed by atoms with Gasteiger partial charge in [-0.15, -0.1) is 35.9 Å². The molecule has 2 aromatic heterocycles. The van der Waals surface area contributed by atoms with Gasteiger partial charge in [-0.25, -0.2) is 0 Å². The molecule has 1 aliphatic heterocycles. The molecule has 4 heteroatoms. The van der Waals surface area contributed by atoms with E-state index < -0.39 is 0 Å². The minimum Gasteiger partial charge on any atom is -0.304 e. The second-order valence-electron chi connectivity index (χ2n) is 9.46. The third kappa shape index (κ3) is 5.69. The van der Waals surface area contributed by atoms with E-state index in [4.69, 9.17) is 0 Å². The summed E-state index contributed by atoms with van der Waals surface area (Å²) in [4.78, 5) is 8.93. The molecule has 5 aromatic rings. The Morgan fingerprint density at radius 1 is 0.730 bits per heavy atom. The predicted octanol–water partition coefficient (Wildman–Crippen LogP) is 6.01. The van der Waals surface area contributed by atoms with Crippen LogP contribution < -0.4 is 8.92 Å². The number of hydrogen-bond donors (Lipinski definition) is 0. The fourth-order valence-electron chi connectivity index (χ4n) is 4.55. The maximum absolute atomic E-state index is 4.55. The van der Waals surface area contributed by atoms with Crippen molar-refractivity contribution in [1.82, 2.24) is 9.97 Å². The number of aromatic nitrogens is 2. The largest absolute Gasteiger partial charge is 0.304 e. The summed E-state index contributed by atoms with van der Waals surface area (Å²) in [6, 6.07) is 35.8. The first-order chi connectivity index (χ1) is 17.4. The van der Waals surface area contributed by atoms with Gasteiger partial charge in [0, 0.05) is 26.3 Å². The van der Waals surface area contributed by atoms with Crippen LogP contribution in [-0.2, 0) is 25.5 Å². The van der Waals surface area contributed by atoms with Crippen LogP contribution in [0.25, 0.3) is 22.5 Å². The van der Waals surface area contributed by atoms with Crippen molar-refractivity contribution in [2.45, 2.75) is 33.1 Å². The summed E-state index contributed by atoms with van der Waals surface area (Å²) in [5.41, 5.74) is 9.53. The topological polar surface area (TPSA) is 25.8 Å². The van der Waals surface area contributed by atoms with Crippen LogP contribution in [0.3, 0.4) is 0 Å². The van der Waals surface area contributed by atoms with Crippen LogP contribution in [0, 0.1) is 26.0 Å². The molecule has 0 saturated carbocycles. The molecule has 6 rings (SSSR count). The maximum Gasteiger partial charge on any atom is 0.0192 e. The van der Waals surface area contributed by atoms with Crippen molar-refractivity contribution >= 4 is 23.9 Å². The fraction of sp³-hybridized carbons (Fsp3) is 0.152. The Kier molecular flexibility index (Phi) is 8.57. The smallest absolute Gasteiger partial charge is 0.0192 e. The van der Waals surface area contributed by atoms with Crippen molar-refractivity contribution in [3.05, 3.63) is 132 Å². The number of hydrogen-bond acceptors (Lipinski definition) is 2. The molecule has 0 N–H and O–H groups in total. The Morgan fingerprint density at radius 3 is 2.24 bits per heavy atom. The van der Waals surface area contributed by atoms with Gasteiger partial charge in [0.05, 0.1) is 0 Å². The van der Waals surface area contributed by atoms with E-state index in [2.05, 4.69) is 98.3 Å². The van der Waals surface area contributed by atoms with Crippen molar-refractivity contribution in [2.75, 3.05) is 0 Å². The molecule has 0 unspecified atom stereocenters. The standard InChI is InChI=1S/C20H16NSe.C13H12N.Ir/c1-20(2)15-9-3-4-11-17(15)22-18-12-7-8-14(19(18)20)16-10-5-6-13-21-16;1-10-8-13(14-9-11(10)2)12-6-4-3-5-7-12;/h3-7,9-13H,1-2H3;3-6,8-9H,1-2H3;/q2*-1;. The SMILES string of the molecule is CC1(C)c2ccccc2[Se]c2cc[c-]c(-c3ccccn3)c21.Cc1cnc(-c2[c-]cccc2)cc1C.[Ir]. The van der Waals surface area contributed by atoms with E-state index in [1.54, 1.807) is 0 Å². The zero-order valence-electron chi connectivity index (χ0n) is 21.4. The molecule has 2 nitrogen and oxygen atoms in total. The van der Waals surface area contributed by atoms with E-state index in [-0.39, 0.29) is 25.5 Å². The Bertz CT molecular complexity index is 1500. The van der Waals surface area contributed by atoms with Gasteiger partial charge in [0.25, 0.3) is 0 Å². The van der Waals surface area contributed by atoms with Gasteiger partial charge in [-0.05, 0) is 25.1 Å². The van der Waals surface area contributed by atoms with Gasteiger partial charge in [-0.1, -0.05) is 11.6 Å². The summed E-state index contributed by atoms with van der Waals surface area (Å²) >= 11 is 0.347. The van der Waals surface area contributed by atoms with E-state index in [1.807, 2.05) is 48.8 Å². The van der Waals surface area contributed by atoms with E-state index in [0.717, 1.165) is 22.5 Å². The Labute approximate surface area is 240 Å². The van der Waals surface area contributed by atoms with Crippen LogP contribution in [0.2, 0.25) is 0 Å². The third-order valence-electron chi connectivity index (χ3n) is 6.64. The van der Waals surface area contributed by atoms with Gasteiger partial charge < -0.3 is 4.98 Å². The number of benzene rings is 3. The summed E-state index contributed by atoms with van der Waals surface area (Å²) in [5, 5.41) is 0. The van der Waals surface area contributed by atoms with Crippen molar-refractivity contribution < 1.29 is 20.1 Å². The third-order valence-corrected chi connectivity index (χ3v) is 9.03. The van der Waals surface area contributed by atoms with Gasteiger partial charge in [0.1, 0.15) is 0 Å². The van der Waals surface area contributed by atoms with Crippen LogP contribution in [0.15, 0.2) is 97.3 Å². The number of fused-ring (bicyclic) bond motifs is 2. The zero-order valence-corrected chi connectivity index (χ0v) is 25.5. The molecule has 0 fully saturated rings. The molecule has 0 spiro atoms. The molecule has 0 amide bonds. The number of rotatable bonds is 2. The molecule has 37 heavy (non-hydrogen) atoms. The molecule has 1 aliphatic rings.